The summed E-state index contributed by atoms with van der Waals surface area (Å²) in [5.41, 5.74) is 0.770. The number of nitrogens with zero attached hydrogens (tertiary/aromatic N) is 1. The Morgan fingerprint density at radius 3 is 2.59 bits per heavy atom. The third kappa shape index (κ3) is 4.22. The van der Waals surface area contributed by atoms with Crippen molar-refractivity contribution in [1.82, 2.24) is 5.32 Å². The summed E-state index contributed by atoms with van der Waals surface area (Å²) in [5.74, 6) is -1.43. The molecule has 0 bridgehead atoms. The zero-order valence-electron chi connectivity index (χ0n) is 8.79. The zero-order valence-corrected chi connectivity index (χ0v) is 8.79. The lowest BCUT2D eigenvalue weighted by Gasteiger charge is -2.08. The van der Waals surface area contributed by atoms with E-state index in [9.17, 15) is 9.59 Å². The first-order valence-corrected chi connectivity index (χ1v) is 4.73. The Morgan fingerprint density at radius 2 is 2.06 bits per heavy atom. The summed E-state index contributed by atoms with van der Waals surface area (Å²) >= 11 is 0. The lowest BCUT2D eigenvalue weighted by molar-refractivity contribution is -0.137. The van der Waals surface area contributed by atoms with Gasteiger partial charge in [-0.15, -0.1) is 0 Å². The van der Waals surface area contributed by atoms with E-state index in [-0.39, 0.29) is 6.61 Å². The molecular formula is C11H10N2O4. The molecule has 6 nitrogen and oxygen atoms in total. The van der Waals surface area contributed by atoms with E-state index in [4.69, 9.17) is 15.1 Å². The maximum atomic E-state index is 11.1. The molecule has 1 aromatic carbocycles. The van der Waals surface area contributed by atoms with Gasteiger partial charge >= 0.3 is 12.1 Å². The highest BCUT2D eigenvalue weighted by Crippen LogP contribution is 2.00. The zero-order chi connectivity index (χ0) is 12.7. The number of hydrogen-bond donors (Lipinski definition) is 2. The number of hydrogen-bond acceptors (Lipinski definition) is 4. The number of carboxylic acids is 1. The molecule has 1 amide bonds. The first-order chi connectivity index (χ1) is 8.13. The van der Waals surface area contributed by atoms with Crippen molar-refractivity contribution in [2.45, 2.75) is 12.6 Å². The van der Waals surface area contributed by atoms with Gasteiger partial charge in [-0.2, -0.15) is 5.26 Å². The molecule has 0 fully saturated rings. The van der Waals surface area contributed by atoms with Crippen molar-refractivity contribution in [3.05, 3.63) is 35.9 Å². The lowest BCUT2D eigenvalue weighted by Crippen LogP contribution is -2.39. The van der Waals surface area contributed by atoms with Crippen LogP contribution in [0.3, 0.4) is 0 Å². The average Bonchev–Trinajstić information content (AvgIpc) is 2.34. The molecule has 0 heterocycles. The van der Waals surface area contributed by atoms with Gasteiger partial charge in [0.1, 0.15) is 6.61 Å². The van der Waals surface area contributed by atoms with Crippen LogP contribution in [0.25, 0.3) is 0 Å². The number of aliphatic carboxylic acids is 1. The van der Waals surface area contributed by atoms with Crippen molar-refractivity contribution < 1.29 is 19.4 Å². The Morgan fingerprint density at radius 1 is 1.41 bits per heavy atom. The van der Waals surface area contributed by atoms with E-state index in [2.05, 4.69) is 0 Å². The van der Waals surface area contributed by atoms with Gasteiger partial charge < -0.3 is 9.84 Å². The molecule has 0 saturated carbocycles. The van der Waals surface area contributed by atoms with Gasteiger partial charge in [0.15, 0.2) is 0 Å². The van der Waals surface area contributed by atoms with Crippen molar-refractivity contribution in [2.75, 3.05) is 0 Å². The van der Waals surface area contributed by atoms with Gasteiger partial charge in [-0.1, -0.05) is 30.3 Å². The number of rotatable bonds is 4. The number of carboxylic acid groups (broad SMARTS) is 1. The third-order valence-corrected chi connectivity index (χ3v) is 1.85. The Balaban J connectivity index is 2.41. The highest BCUT2D eigenvalue weighted by molar-refractivity contribution is 5.82. The lowest BCUT2D eigenvalue weighted by atomic mass is 10.2. The fourth-order valence-electron chi connectivity index (χ4n) is 1.03. The fraction of sp³-hybridized carbons (Fsp3) is 0.182. The van der Waals surface area contributed by atoms with Crippen LogP contribution in [-0.2, 0) is 16.1 Å². The summed E-state index contributed by atoms with van der Waals surface area (Å²) in [5, 5.41) is 18.9. The summed E-state index contributed by atoms with van der Waals surface area (Å²) < 4.78 is 4.75. The number of benzene rings is 1. The number of nitrogens with one attached hydrogen (secondary N) is 1. The smallest absolute Gasteiger partial charge is 0.408 e. The average molecular weight is 234 g/mol. The molecule has 0 radical (unpaired) electrons. The summed E-state index contributed by atoms with van der Waals surface area (Å²) in [6.07, 6.45) is -0.942. The molecule has 2 N–H and O–H groups in total. The third-order valence-electron chi connectivity index (χ3n) is 1.85. The molecule has 1 atom stereocenters. The van der Waals surface area contributed by atoms with Gasteiger partial charge in [-0.3, -0.25) is 5.32 Å². The van der Waals surface area contributed by atoms with E-state index >= 15 is 0 Å². The molecule has 0 saturated heterocycles. The van der Waals surface area contributed by atoms with Crippen LogP contribution in [0.4, 0.5) is 4.79 Å². The van der Waals surface area contributed by atoms with Crippen LogP contribution in [0.15, 0.2) is 30.3 Å². The second kappa shape index (κ2) is 6.12. The van der Waals surface area contributed by atoms with Crippen LogP contribution >= 0.6 is 0 Å². The van der Waals surface area contributed by atoms with Crippen LogP contribution in [0.1, 0.15) is 5.56 Å². The van der Waals surface area contributed by atoms with Gasteiger partial charge in [0.2, 0.25) is 6.04 Å². The fourth-order valence-corrected chi connectivity index (χ4v) is 1.03. The minimum Gasteiger partial charge on any atom is -0.479 e. The Bertz CT molecular complexity index is 439. The molecule has 1 unspecified atom stereocenters. The van der Waals surface area contributed by atoms with Gasteiger partial charge in [-0.05, 0) is 5.56 Å². The second-order valence-corrected chi connectivity index (χ2v) is 3.11. The van der Waals surface area contributed by atoms with Crippen molar-refractivity contribution >= 4 is 12.1 Å². The van der Waals surface area contributed by atoms with Crippen LogP contribution in [0.5, 0.6) is 0 Å². The predicted octanol–water partition coefficient (Wildman–Crippen LogP) is 0.890. The Hall–Kier alpha value is -2.55. The van der Waals surface area contributed by atoms with E-state index in [0.717, 1.165) is 5.56 Å². The molecule has 0 aromatic heterocycles. The minimum absolute atomic E-state index is 0.0183. The first-order valence-electron chi connectivity index (χ1n) is 4.73. The summed E-state index contributed by atoms with van der Waals surface area (Å²) in [7, 11) is 0. The molecule has 88 valence electrons. The highest BCUT2D eigenvalue weighted by Gasteiger charge is 2.19. The maximum Gasteiger partial charge on any atom is 0.408 e. The molecule has 17 heavy (non-hydrogen) atoms. The molecule has 1 aromatic rings. The van der Waals surface area contributed by atoms with E-state index < -0.39 is 18.1 Å². The van der Waals surface area contributed by atoms with Crippen LogP contribution in [0.2, 0.25) is 0 Å². The van der Waals surface area contributed by atoms with Gasteiger partial charge in [0, 0.05) is 0 Å². The quantitative estimate of drug-likeness (QED) is 0.805. The Labute approximate surface area is 97.4 Å². The standard InChI is InChI=1S/C11H10N2O4/c12-6-9(10(14)15)13-11(16)17-7-8-4-2-1-3-5-8/h1-5,9H,7H2,(H,13,16)(H,14,15). The van der Waals surface area contributed by atoms with Crippen LogP contribution in [-0.4, -0.2) is 23.2 Å². The summed E-state index contributed by atoms with van der Waals surface area (Å²) in [6, 6.07) is 8.72. The number of alkyl carbamates (subject to hydrolysis) is 1. The van der Waals surface area contributed by atoms with Crippen LogP contribution < -0.4 is 5.32 Å². The van der Waals surface area contributed by atoms with Gasteiger partial charge in [0.25, 0.3) is 0 Å². The van der Waals surface area contributed by atoms with E-state index in [1.54, 1.807) is 24.3 Å². The molecule has 0 aliphatic heterocycles. The highest BCUT2D eigenvalue weighted by atomic mass is 16.5. The van der Waals surface area contributed by atoms with E-state index in [1.807, 2.05) is 11.4 Å². The van der Waals surface area contributed by atoms with Gasteiger partial charge in [0.05, 0.1) is 6.07 Å². The number of amides is 1. The number of carbonyl (C=O) groups is 2. The molecule has 0 aliphatic rings. The van der Waals surface area contributed by atoms with E-state index in [0.29, 0.717) is 0 Å². The van der Waals surface area contributed by atoms with Crippen molar-refractivity contribution in [3.63, 3.8) is 0 Å². The molecule has 1 rings (SSSR count). The number of nitriles is 1. The SMILES string of the molecule is N#CC(NC(=O)OCc1ccccc1)C(=O)O. The monoisotopic (exact) mass is 234 g/mol. The largest absolute Gasteiger partial charge is 0.479 e. The molecule has 0 spiro atoms. The van der Waals surface area contributed by atoms with E-state index in [1.165, 1.54) is 6.07 Å². The van der Waals surface area contributed by atoms with Crippen molar-refractivity contribution in [3.8, 4) is 6.07 Å². The molecule has 6 heteroatoms. The first kappa shape index (κ1) is 12.5. The summed E-state index contributed by atoms with van der Waals surface area (Å²) in [4.78, 5) is 21.6. The number of carbonyl (C=O) groups excluding carboxylic acids is 1. The minimum atomic E-state index is -1.60. The predicted molar refractivity (Wildman–Crippen MR) is 56.8 cm³/mol. The molecule has 0 aliphatic carbocycles. The maximum absolute atomic E-state index is 11.1. The van der Waals surface area contributed by atoms with Gasteiger partial charge in [-0.25, -0.2) is 9.59 Å². The van der Waals surface area contributed by atoms with Crippen molar-refractivity contribution in [2.24, 2.45) is 0 Å². The number of ether oxygens (including phenoxy) is 1. The van der Waals surface area contributed by atoms with Crippen molar-refractivity contribution in [1.29, 1.82) is 5.26 Å². The normalized spacial score (nSPS) is 11.0. The second-order valence-electron chi connectivity index (χ2n) is 3.11. The van der Waals surface area contributed by atoms with Crippen LogP contribution in [0, 0.1) is 11.3 Å². The summed E-state index contributed by atoms with van der Waals surface area (Å²) in [6.45, 7) is 0.0183. The topological polar surface area (TPSA) is 99.4 Å². The Kier molecular flexibility index (Phi) is 4.51. The molecular weight excluding hydrogens is 224 g/mol.